The van der Waals surface area contributed by atoms with E-state index >= 15 is 0 Å². The minimum Gasteiger partial charge on any atom is -0.454 e. The summed E-state index contributed by atoms with van der Waals surface area (Å²) in [7, 11) is 0. The minimum absolute atomic E-state index is 0.000864. The average molecular weight is 273 g/mol. The van der Waals surface area contributed by atoms with Gasteiger partial charge in [-0.15, -0.1) is 0 Å². The average Bonchev–Trinajstić information content (AvgIpc) is 3.13. The van der Waals surface area contributed by atoms with E-state index in [1.807, 2.05) is 18.2 Å². The molecule has 1 aromatic carbocycles. The zero-order chi connectivity index (χ0) is 13.8. The van der Waals surface area contributed by atoms with Crippen LogP contribution in [0.3, 0.4) is 0 Å². The van der Waals surface area contributed by atoms with Crippen LogP contribution in [0.25, 0.3) is 0 Å². The topological polar surface area (TPSA) is 76.2 Å². The number of benzene rings is 1. The Bertz CT molecular complexity index is 596. The van der Waals surface area contributed by atoms with E-state index in [9.17, 15) is 4.79 Å². The monoisotopic (exact) mass is 273 g/mol. The molecule has 20 heavy (non-hydrogen) atoms. The largest absolute Gasteiger partial charge is 0.454 e. The van der Waals surface area contributed by atoms with E-state index in [-0.39, 0.29) is 12.7 Å². The Morgan fingerprint density at radius 1 is 1.35 bits per heavy atom. The summed E-state index contributed by atoms with van der Waals surface area (Å²) in [5.74, 6) is 2.26. The van der Waals surface area contributed by atoms with Crippen LogP contribution in [0.4, 0.5) is 0 Å². The summed E-state index contributed by atoms with van der Waals surface area (Å²) in [6, 6.07) is 5.74. The Balaban J connectivity index is 1.48. The molecule has 0 unspecified atom stereocenters. The van der Waals surface area contributed by atoms with Gasteiger partial charge in [0, 0.05) is 18.8 Å². The standard InChI is InChI=1S/C14H15N3O3/c18-14(17-8-13-15-5-6-16-13)4-2-10-1-3-11-12(7-10)20-9-19-11/h1,3,5-7H,2,4,8-9H2,(H,15,16)(H,17,18). The Labute approximate surface area is 116 Å². The second kappa shape index (κ2) is 5.64. The highest BCUT2D eigenvalue weighted by Gasteiger charge is 2.13. The zero-order valence-electron chi connectivity index (χ0n) is 10.9. The lowest BCUT2D eigenvalue weighted by Gasteiger charge is -2.04. The molecule has 0 bridgehead atoms. The van der Waals surface area contributed by atoms with Gasteiger partial charge in [-0.25, -0.2) is 4.98 Å². The summed E-state index contributed by atoms with van der Waals surface area (Å²) in [4.78, 5) is 18.7. The Kier molecular flexibility index (Phi) is 3.54. The predicted molar refractivity (Wildman–Crippen MR) is 71.3 cm³/mol. The van der Waals surface area contributed by atoms with Gasteiger partial charge in [-0.3, -0.25) is 4.79 Å². The highest BCUT2D eigenvalue weighted by Crippen LogP contribution is 2.32. The summed E-state index contributed by atoms with van der Waals surface area (Å²) < 4.78 is 10.6. The van der Waals surface area contributed by atoms with Crippen LogP contribution in [0, 0.1) is 0 Å². The van der Waals surface area contributed by atoms with Gasteiger partial charge in [0.2, 0.25) is 12.7 Å². The van der Waals surface area contributed by atoms with Crippen LogP contribution in [0.15, 0.2) is 30.6 Å². The fourth-order valence-electron chi connectivity index (χ4n) is 2.02. The van der Waals surface area contributed by atoms with Crippen LogP contribution in [0.5, 0.6) is 11.5 Å². The van der Waals surface area contributed by atoms with E-state index in [4.69, 9.17) is 9.47 Å². The number of carbonyl (C=O) groups is 1. The fraction of sp³-hybridized carbons (Fsp3) is 0.286. The molecular formula is C14H15N3O3. The van der Waals surface area contributed by atoms with Gasteiger partial charge >= 0.3 is 0 Å². The number of nitrogens with one attached hydrogen (secondary N) is 2. The van der Waals surface area contributed by atoms with Gasteiger partial charge in [0.15, 0.2) is 11.5 Å². The molecule has 1 aliphatic rings. The molecule has 2 heterocycles. The number of hydrogen-bond acceptors (Lipinski definition) is 4. The number of ether oxygens (including phenoxy) is 2. The van der Waals surface area contributed by atoms with Crippen LogP contribution in [0.2, 0.25) is 0 Å². The van der Waals surface area contributed by atoms with Crippen molar-refractivity contribution in [1.82, 2.24) is 15.3 Å². The zero-order valence-corrected chi connectivity index (χ0v) is 10.9. The van der Waals surface area contributed by atoms with Crippen molar-refractivity contribution in [3.8, 4) is 11.5 Å². The molecule has 0 radical (unpaired) electrons. The van der Waals surface area contributed by atoms with E-state index < -0.39 is 0 Å². The van der Waals surface area contributed by atoms with Gasteiger partial charge in [-0.05, 0) is 24.1 Å². The summed E-state index contributed by atoms with van der Waals surface area (Å²) in [6.45, 7) is 0.690. The first-order valence-corrected chi connectivity index (χ1v) is 6.45. The molecule has 0 spiro atoms. The van der Waals surface area contributed by atoms with E-state index in [1.165, 1.54) is 0 Å². The van der Waals surface area contributed by atoms with Crippen molar-refractivity contribution in [3.63, 3.8) is 0 Å². The van der Waals surface area contributed by atoms with E-state index in [0.717, 1.165) is 22.9 Å². The molecule has 0 fully saturated rings. The molecule has 1 aliphatic heterocycles. The van der Waals surface area contributed by atoms with Crippen molar-refractivity contribution in [2.75, 3.05) is 6.79 Å². The second-order valence-corrected chi connectivity index (χ2v) is 4.50. The molecule has 0 saturated carbocycles. The summed E-state index contributed by atoms with van der Waals surface area (Å²) >= 11 is 0. The molecule has 3 rings (SSSR count). The van der Waals surface area contributed by atoms with Crippen LogP contribution in [-0.4, -0.2) is 22.7 Å². The third-order valence-electron chi connectivity index (χ3n) is 3.09. The van der Waals surface area contributed by atoms with Gasteiger partial charge in [-0.2, -0.15) is 0 Å². The number of nitrogens with zero attached hydrogens (tertiary/aromatic N) is 1. The molecule has 0 atom stereocenters. The number of rotatable bonds is 5. The number of imidazole rings is 1. The highest BCUT2D eigenvalue weighted by molar-refractivity contribution is 5.76. The number of fused-ring (bicyclic) bond motifs is 1. The van der Waals surface area contributed by atoms with Crippen molar-refractivity contribution >= 4 is 5.91 Å². The number of H-pyrrole nitrogens is 1. The van der Waals surface area contributed by atoms with Crippen LogP contribution < -0.4 is 14.8 Å². The molecule has 104 valence electrons. The van der Waals surface area contributed by atoms with E-state index in [2.05, 4.69) is 15.3 Å². The lowest BCUT2D eigenvalue weighted by Crippen LogP contribution is -2.23. The normalized spacial score (nSPS) is 12.4. The number of aromatic amines is 1. The van der Waals surface area contributed by atoms with E-state index in [0.29, 0.717) is 19.4 Å². The Morgan fingerprint density at radius 2 is 2.25 bits per heavy atom. The van der Waals surface area contributed by atoms with Crippen LogP contribution in [0.1, 0.15) is 17.8 Å². The fourth-order valence-corrected chi connectivity index (χ4v) is 2.02. The van der Waals surface area contributed by atoms with Crippen molar-refractivity contribution in [3.05, 3.63) is 42.0 Å². The third-order valence-corrected chi connectivity index (χ3v) is 3.09. The Hall–Kier alpha value is -2.50. The second-order valence-electron chi connectivity index (χ2n) is 4.50. The van der Waals surface area contributed by atoms with Crippen LogP contribution >= 0.6 is 0 Å². The molecule has 6 nitrogen and oxygen atoms in total. The lowest BCUT2D eigenvalue weighted by atomic mass is 10.1. The number of aryl methyl sites for hydroxylation is 1. The van der Waals surface area contributed by atoms with Crippen molar-refractivity contribution < 1.29 is 14.3 Å². The smallest absolute Gasteiger partial charge is 0.231 e. The minimum atomic E-state index is -0.000864. The SMILES string of the molecule is O=C(CCc1ccc2c(c1)OCO2)NCc1ncc[nH]1. The maximum atomic E-state index is 11.7. The number of carbonyl (C=O) groups excluding carboxylic acids is 1. The van der Waals surface area contributed by atoms with Crippen molar-refractivity contribution in [2.24, 2.45) is 0 Å². The van der Waals surface area contributed by atoms with Gasteiger partial charge in [-0.1, -0.05) is 6.07 Å². The summed E-state index contributed by atoms with van der Waals surface area (Å²) in [5.41, 5.74) is 1.06. The lowest BCUT2D eigenvalue weighted by molar-refractivity contribution is -0.121. The van der Waals surface area contributed by atoms with Gasteiger partial charge in [0.05, 0.1) is 6.54 Å². The number of amides is 1. The number of aromatic nitrogens is 2. The van der Waals surface area contributed by atoms with E-state index in [1.54, 1.807) is 12.4 Å². The van der Waals surface area contributed by atoms with Gasteiger partial charge < -0.3 is 19.8 Å². The maximum absolute atomic E-state index is 11.7. The van der Waals surface area contributed by atoms with Crippen molar-refractivity contribution in [1.29, 1.82) is 0 Å². The first-order valence-electron chi connectivity index (χ1n) is 6.45. The van der Waals surface area contributed by atoms with Gasteiger partial charge in [0.1, 0.15) is 5.82 Å². The molecule has 0 aliphatic carbocycles. The molecular weight excluding hydrogens is 258 g/mol. The highest BCUT2D eigenvalue weighted by atomic mass is 16.7. The predicted octanol–water partition coefficient (Wildman–Crippen LogP) is 1.39. The molecule has 1 amide bonds. The summed E-state index contributed by atoms with van der Waals surface area (Å²) in [6.07, 6.45) is 4.49. The quantitative estimate of drug-likeness (QED) is 0.863. The molecule has 2 aromatic rings. The Morgan fingerprint density at radius 3 is 3.10 bits per heavy atom. The molecule has 1 aromatic heterocycles. The van der Waals surface area contributed by atoms with Crippen molar-refractivity contribution in [2.45, 2.75) is 19.4 Å². The summed E-state index contributed by atoms with van der Waals surface area (Å²) in [5, 5.41) is 2.82. The first kappa shape index (κ1) is 12.5. The molecule has 2 N–H and O–H groups in total. The molecule has 0 saturated heterocycles. The van der Waals surface area contributed by atoms with Crippen LogP contribution in [-0.2, 0) is 17.8 Å². The maximum Gasteiger partial charge on any atom is 0.231 e. The third kappa shape index (κ3) is 2.90. The first-order chi connectivity index (χ1) is 9.81. The number of hydrogen-bond donors (Lipinski definition) is 2. The van der Waals surface area contributed by atoms with Gasteiger partial charge in [0.25, 0.3) is 0 Å². The molecule has 6 heteroatoms.